The Morgan fingerprint density at radius 1 is 0.279 bits per heavy atom. The van der Waals surface area contributed by atoms with Crippen LogP contribution < -0.4 is 0 Å². The molecule has 3 N–H and O–H groups in total. The van der Waals surface area contributed by atoms with E-state index in [1.165, 1.54) is 38.5 Å². The molecule has 0 heterocycles. The number of esters is 4. The summed E-state index contributed by atoms with van der Waals surface area (Å²) in [6, 6.07) is 0. The van der Waals surface area contributed by atoms with E-state index in [4.69, 9.17) is 37.0 Å². The molecule has 5 unspecified atom stereocenters. The van der Waals surface area contributed by atoms with Crippen molar-refractivity contribution < 1.29 is 80.2 Å². The minimum Gasteiger partial charge on any atom is -0.462 e. The van der Waals surface area contributed by atoms with Crippen molar-refractivity contribution in [3.8, 4) is 0 Å². The summed E-state index contributed by atoms with van der Waals surface area (Å²) in [4.78, 5) is 73.1. The molecule has 0 rings (SSSR count). The number of allylic oxidation sites excluding steroid dienone is 22. The smallest absolute Gasteiger partial charge is 0.462 e. The van der Waals surface area contributed by atoms with Crippen LogP contribution in [-0.4, -0.2) is 96.7 Å². The third-order valence-corrected chi connectivity index (χ3v) is 18.5. The maximum absolute atomic E-state index is 13.1. The minimum atomic E-state index is -4.99. The zero-order valence-corrected chi connectivity index (χ0v) is 66.9. The Bertz CT molecular complexity index is 2490. The van der Waals surface area contributed by atoms with Crippen LogP contribution in [0, 0.1) is 0 Å². The van der Waals surface area contributed by atoms with Crippen LogP contribution in [0.2, 0.25) is 0 Å². The van der Waals surface area contributed by atoms with Crippen molar-refractivity contribution in [3.05, 3.63) is 134 Å². The van der Waals surface area contributed by atoms with Crippen LogP contribution in [-0.2, 0) is 65.4 Å². The van der Waals surface area contributed by atoms with Gasteiger partial charge in [0.1, 0.15) is 19.3 Å². The van der Waals surface area contributed by atoms with Crippen LogP contribution in [0.5, 0.6) is 0 Å². The molecule has 0 saturated carbocycles. The number of unbranched alkanes of at least 4 members (excludes halogenated alkanes) is 27. The summed E-state index contributed by atoms with van der Waals surface area (Å²) in [7, 11) is -9.98. The van der Waals surface area contributed by atoms with Crippen molar-refractivity contribution in [2.45, 2.75) is 341 Å². The first-order chi connectivity index (χ1) is 50.7. The van der Waals surface area contributed by atoms with Gasteiger partial charge < -0.3 is 33.8 Å². The number of phosphoric ester groups is 2. The number of aliphatic hydroxyl groups is 1. The van der Waals surface area contributed by atoms with Crippen molar-refractivity contribution in [2.75, 3.05) is 39.6 Å². The standard InChI is InChI=1S/C85H144O17P2/c1-5-9-13-17-21-25-29-33-37-38-39-40-44-46-50-54-58-62-66-70-83(88)96-76-81(102-85(90)72-68-64-60-56-52-48-43-36-32-28-24-20-16-12-8-4)78-100-104(93,94)98-74-79(86)73-97-103(91,92)99-77-80(101-84(89)71-67-63-59-55-51-47-42-35-31-27-23-19-15-11-7-3)75-95-82(87)69-65-61-57-53-49-45-41-34-30-26-22-18-14-10-6-2/h9,12-13,16,21-28,33-37,39-43,79-81,86H,5-8,10-11,14-15,17-20,29-32,38,44-78H2,1-4H3,(H,91,92)(H,93,94)/b13-9-,16-12-,25-21-,26-22-,27-23-,28-24-,37-33-,40-39-,41-34-,42-35-,43-36-. The third-order valence-electron chi connectivity index (χ3n) is 16.6. The molecule has 0 aromatic carbocycles. The van der Waals surface area contributed by atoms with E-state index < -0.39 is 97.5 Å². The SMILES string of the molecule is CC/C=C\C/C=C\C/C=C\C/C=C\CCCCCCCCC(=O)OCC(COP(=O)(O)OCC(O)COP(=O)(O)OCC(COC(=O)CCCCCCC/C=C\C/C=C\CCCCC)OC(=O)CCCCCCC/C=C\C/C=C\CCCCC)OC(=O)CCCCCCC/C=C\C/C=C\C/C=C\CC. The Morgan fingerprint density at radius 2 is 0.500 bits per heavy atom. The highest BCUT2D eigenvalue weighted by atomic mass is 31.2. The highest BCUT2D eigenvalue weighted by Crippen LogP contribution is 2.45. The molecular weight excluding hydrogens is 1350 g/mol. The maximum Gasteiger partial charge on any atom is 0.472 e. The van der Waals surface area contributed by atoms with Crippen molar-refractivity contribution in [3.63, 3.8) is 0 Å². The van der Waals surface area contributed by atoms with Crippen LogP contribution in [0.1, 0.15) is 323 Å². The molecule has 5 atom stereocenters. The van der Waals surface area contributed by atoms with Gasteiger partial charge >= 0.3 is 39.5 Å². The summed E-state index contributed by atoms with van der Waals surface area (Å²) >= 11 is 0. The van der Waals surface area contributed by atoms with Crippen LogP contribution in [0.15, 0.2) is 134 Å². The van der Waals surface area contributed by atoms with E-state index in [1.54, 1.807) is 0 Å². The molecule has 0 aliphatic carbocycles. The Kier molecular flexibility index (Phi) is 72.9. The number of phosphoric acid groups is 2. The molecule has 17 nitrogen and oxygen atoms in total. The Labute approximate surface area is 631 Å². The van der Waals surface area contributed by atoms with Gasteiger partial charge in [-0.1, -0.05) is 271 Å². The lowest BCUT2D eigenvalue weighted by molar-refractivity contribution is -0.161. The molecule has 0 bridgehead atoms. The molecule has 0 amide bonds. The summed E-state index contributed by atoms with van der Waals surface area (Å²) in [6.07, 6.45) is 85.6. The molecular formula is C85H144O17P2. The molecule has 596 valence electrons. The number of carbonyl (C=O) groups is 4. The second kappa shape index (κ2) is 76.4. The lowest BCUT2D eigenvalue weighted by Gasteiger charge is -2.21. The van der Waals surface area contributed by atoms with E-state index in [9.17, 15) is 43.2 Å². The van der Waals surface area contributed by atoms with Gasteiger partial charge in [0.15, 0.2) is 12.2 Å². The highest BCUT2D eigenvalue weighted by molar-refractivity contribution is 7.47. The summed E-state index contributed by atoms with van der Waals surface area (Å²) in [5, 5.41) is 10.6. The first-order valence-corrected chi connectivity index (χ1v) is 43.4. The van der Waals surface area contributed by atoms with Gasteiger partial charge in [0.25, 0.3) is 0 Å². The van der Waals surface area contributed by atoms with Crippen LogP contribution in [0.25, 0.3) is 0 Å². The first kappa shape index (κ1) is 99.2. The minimum absolute atomic E-state index is 0.0684. The lowest BCUT2D eigenvalue weighted by Crippen LogP contribution is -2.30. The molecule has 0 saturated heterocycles. The number of carbonyl (C=O) groups excluding carboxylic acids is 4. The number of hydrogen-bond acceptors (Lipinski definition) is 15. The maximum atomic E-state index is 13.1. The molecule has 0 aliphatic rings. The largest absolute Gasteiger partial charge is 0.472 e. The zero-order chi connectivity index (χ0) is 76.0. The summed E-state index contributed by atoms with van der Waals surface area (Å²) < 4.78 is 68.6. The van der Waals surface area contributed by atoms with Crippen molar-refractivity contribution in [1.29, 1.82) is 0 Å². The van der Waals surface area contributed by atoms with Crippen LogP contribution in [0.4, 0.5) is 0 Å². The lowest BCUT2D eigenvalue weighted by atomic mass is 10.1. The molecule has 0 aliphatic heterocycles. The third kappa shape index (κ3) is 75.4. The quantitative estimate of drug-likeness (QED) is 0.0169. The van der Waals surface area contributed by atoms with Crippen molar-refractivity contribution in [1.82, 2.24) is 0 Å². The highest BCUT2D eigenvalue weighted by Gasteiger charge is 2.30. The fraction of sp³-hybridized carbons (Fsp3) is 0.694. The van der Waals surface area contributed by atoms with Gasteiger partial charge in [0.2, 0.25) is 0 Å². The molecule has 0 fully saturated rings. The predicted molar refractivity (Wildman–Crippen MR) is 427 cm³/mol. The fourth-order valence-electron chi connectivity index (χ4n) is 10.5. The van der Waals surface area contributed by atoms with Gasteiger partial charge in [-0.2, -0.15) is 0 Å². The van der Waals surface area contributed by atoms with Crippen molar-refractivity contribution in [2.24, 2.45) is 0 Å². The summed E-state index contributed by atoms with van der Waals surface area (Å²) in [5.41, 5.74) is 0. The van der Waals surface area contributed by atoms with Gasteiger partial charge in [-0.25, -0.2) is 9.13 Å². The molecule has 104 heavy (non-hydrogen) atoms. The second-order valence-corrected chi connectivity index (χ2v) is 29.5. The van der Waals surface area contributed by atoms with Crippen LogP contribution >= 0.6 is 15.6 Å². The number of ether oxygens (including phenoxy) is 4. The van der Waals surface area contributed by atoms with Gasteiger partial charge in [-0.15, -0.1) is 0 Å². The Hall–Kier alpha value is -4.80. The molecule has 0 spiro atoms. The molecule has 0 radical (unpaired) electrons. The van der Waals surface area contributed by atoms with Gasteiger partial charge in [0, 0.05) is 25.7 Å². The van der Waals surface area contributed by atoms with E-state index in [1.807, 2.05) is 0 Å². The average Bonchev–Trinajstić information content (AvgIpc) is 0.918. The number of aliphatic hydroxyl groups excluding tert-OH is 1. The van der Waals surface area contributed by atoms with E-state index in [0.29, 0.717) is 25.7 Å². The van der Waals surface area contributed by atoms with E-state index in [-0.39, 0.29) is 25.7 Å². The van der Waals surface area contributed by atoms with E-state index in [2.05, 4.69) is 161 Å². The Morgan fingerprint density at radius 3 is 0.769 bits per heavy atom. The van der Waals surface area contributed by atoms with Gasteiger partial charge in [-0.3, -0.25) is 37.3 Å². The van der Waals surface area contributed by atoms with Gasteiger partial charge in [-0.05, 0) is 161 Å². The molecule has 0 aromatic rings. The predicted octanol–water partition coefficient (Wildman–Crippen LogP) is 23.7. The van der Waals surface area contributed by atoms with E-state index in [0.717, 1.165) is 205 Å². The van der Waals surface area contributed by atoms with Crippen molar-refractivity contribution >= 4 is 39.5 Å². The topological polar surface area (TPSA) is 237 Å². The monoisotopic (exact) mass is 1500 g/mol. The number of hydrogen-bond donors (Lipinski definition) is 3. The summed E-state index contributed by atoms with van der Waals surface area (Å²) in [5.74, 6) is -2.24. The second-order valence-electron chi connectivity index (χ2n) is 26.6. The normalized spacial score (nSPS) is 14.6. The van der Waals surface area contributed by atoms with Gasteiger partial charge in [0.05, 0.1) is 26.4 Å². The van der Waals surface area contributed by atoms with Crippen LogP contribution in [0.3, 0.4) is 0 Å². The van der Waals surface area contributed by atoms with E-state index >= 15 is 0 Å². The Balaban J connectivity index is 5.40. The number of rotatable bonds is 75. The zero-order valence-electron chi connectivity index (χ0n) is 65.2. The fourth-order valence-corrected chi connectivity index (χ4v) is 12.0. The first-order valence-electron chi connectivity index (χ1n) is 40.4. The average molecular weight is 1500 g/mol. The summed E-state index contributed by atoms with van der Waals surface area (Å²) in [6.45, 7) is 4.55. The molecule has 0 aromatic heterocycles. The molecule has 19 heteroatoms.